The Labute approximate surface area is 114 Å². The molecular formula is C13H18F3NOS. The van der Waals surface area contributed by atoms with Gasteiger partial charge in [0.2, 0.25) is 0 Å². The van der Waals surface area contributed by atoms with Gasteiger partial charge >= 0.3 is 6.18 Å². The van der Waals surface area contributed by atoms with Crippen molar-refractivity contribution in [1.29, 1.82) is 0 Å². The minimum atomic E-state index is -4.55. The number of halogens is 3. The van der Waals surface area contributed by atoms with Gasteiger partial charge in [0.25, 0.3) is 0 Å². The van der Waals surface area contributed by atoms with E-state index in [-0.39, 0.29) is 5.56 Å². The van der Waals surface area contributed by atoms with Gasteiger partial charge in [0.1, 0.15) is 5.54 Å². The second-order valence-electron chi connectivity index (χ2n) is 5.47. The fourth-order valence-corrected chi connectivity index (χ4v) is 2.30. The van der Waals surface area contributed by atoms with Crippen LogP contribution in [0, 0.1) is 0 Å². The Morgan fingerprint density at radius 2 is 1.47 bits per heavy atom. The van der Waals surface area contributed by atoms with E-state index in [4.69, 9.17) is 0 Å². The van der Waals surface area contributed by atoms with Crippen molar-refractivity contribution in [3.63, 3.8) is 0 Å². The maximum atomic E-state index is 13.3. The predicted molar refractivity (Wildman–Crippen MR) is 70.9 cm³/mol. The molecule has 0 amide bonds. The molecule has 0 saturated carbocycles. The van der Waals surface area contributed by atoms with Gasteiger partial charge < -0.3 is 0 Å². The lowest BCUT2D eigenvalue weighted by molar-refractivity contribution is -0.189. The maximum Gasteiger partial charge on any atom is 0.411 e. The van der Waals surface area contributed by atoms with E-state index >= 15 is 0 Å². The van der Waals surface area contributed by atoms with E-state index in [1.54, 1.807) is 26.8 Å². The van der Waals surface area contributed by atoms with Crippen molar-refractivity contribution in [2.75, 3.05) is 0 Å². The molecule has 2 atom stereocenters. The van der Waals surface area contributed by atoms with Crippen molar-refractivity contribution < 1.29 is 17.4 Å². The molecule has 0 spiro atoms. The molecule has 0 aliphatic heterocycles. The van der Waals surface area contributed by atoms with E-state index in [0.717, 1.165) is 6.92 Å². The summed E-state index contributed by atoms with van der Waals surface area (Å²) in [5, 5.41) is 0. The summed E-state index contributed by atoms with van der Waals surface area (Å²) in [5.41, 5.74) is -2.30. The van der Waals surface area contributed by atoms with Crippen LogP contribution in [-0.2, 0) is 16.5 Å². The van der Waals surface area contributed by atoms with Crippen LogP contribution < -0.4 is 4.72 Å². The molecule has 2 nitrogen and oxygen atoms in total. The highest BCUT2D eigenvalue weighted by molar-refractivity contribution is 7.84. The first-order valence-electron chi connectivity index (χ1n) is 5.80. The smallest absolute Gasteiger partial charge is 0.242 e. The second-order valence-corrected chi connectivity index (χ2v) is 7.44. The average molecular weight is 293 g/mol. The van der Waals surface area contributed by atoms with Gasteiger partial charge in [-0.25, -0.2) is 8.93 Å². The summed E-state index contributed by atoms with van der Waals surface area (Å²) in [4.78, 5) is 0. The number of alkyl halides is 3. The predicted octanol–water partition coefficient (Wildman–Crippen LogP) is 3.52. The van der Waals surface area contributed by atoms with Crippen molar-refractivity contribution in [1.82, 2.24) is 4.72 Å². The summed E-state index contributed by atoms with van der Waals surface area (Å²) in [6.07, 6.45) is -4.55. The molecule has 1 rings (SSSR count). The molecule has 1 N–H and O–H groups in total. The lowest BCUT2D eigenvalue weighted by Crippen LogP contribution is -2.54. The molecule has 0 fully saturated rings. The second kappa shape index (κ2) is 5.25. The third-order valence-corrected chi connectivity index (χ3v) is 4.48. The van der Waals surface area contributed by atoms with Crippen molar-refractivity contribution in [2.45, 2.75) is 44.2 Å². The molecular weight excluding hydrogens is 275 g/mol. The van der Waals surface area contributed by atoms with Crippen LogP contribution in [0.2, 0.25) is 0 Å². The van der Waals surface area contributed by atoms with Gasteiger partial charge in [-0.15, -0.1) is 0 Å². The largest absolute Gasteiger partial charge is 0.411 e. The van der Waals surface area contributed by atoms with Crippen LogP contribution in [0.5, 0.6) is 0 Å². The third kappa shape index (κ3) is 3.57. The van der Waals surface area contributed by atoms with E-state index in [9.17, 15) is 17.4 Å². The fraction of sp³-hybridized carbons (Fsp3) is 0.538. The molecule has 0 unspecified atom stereocenters. The van der Waals surface area contributed by atoms with Crippen LogP contribution in [0.15, 0.2) is 30.3 Å². The summed E-state index contributed by atoms with van der Waals surface area (Å²) in [5.74, 6) is 0. The van der Waals surface area contributed by atoms with Crippen molar-refractivity contribution >= 4 is 11.0 Å². The van der Waals surface area contributed by atoms with E-state index in [1.807, 2.05) is 0 Å². The molecule has 1 aromatic carbocycles. The third-order valence-electron chi connectivity index (χ3n) is 2.77. The SMILES string of the molecule is CC(C)(C)[S@](=O)N[C@](C)(c1ccccc1)C(F)(F)F. The Kier molecular flexibility index (Phi) is 4.47. The molecule has 108 valence electrons. The van der Waals surface area contributed by atoms with E-state index in [0.29, 0.717) is 0 Å². The topological polar surface area (TPSA) is 29.1 Å². The first kappa shape index (κ1) is 16.2. The van der Waals surface area contributed by atoms with Gasteiger partial charge in [-0.05, 0) is 33.3 Å². The van der Waals surface area contributed by atoms with E-state index in [2.05, 4.69) is 4.72 Å². The van der Waals surface area contributed by atoms with Crippen LogP contribution in [0.4, 0.5) is 13.2 Å². The minimum Gasteiger partial charge on any atom is -0.242 e. The van der Waals surface area contributed by atoms with Gasteiger partial charge in [-0.1, -0.05) is 30.3 Å². The first-order valence-corrected chi connectivity index (χ1v) is 6.95. The zero-order valence-corrected chi connectivity index (χ0v) is 12.2. The Hall–Kier alpha value is -0.880. The molecule has 19 heavy (non-hydrogen) atoms. The highest BCUT2D eigenvalue weighted by atomic mass is 32.2. The highest BCUT2D eigenvalue weighted by Crippen LogP contribution is 2.39. The number of rotatable bonds is 3. The van der Waals surface area contributed by atoms with Gasteiger partial charge in [0.15, 0.2) is 0 Å². The highest BCUT2D eigenvalue weighted by Gasteiger charge is 2.54. The normalized spacial score (nSPS) is 17.8. The molecule has 0 heterocycles. The molecule has 0 aliphatic carbocycles. The summed E-state index contributed by atoms with van der Waals surface area (Å²) in [7, 11) is -1.82. The van der Waals surface area contributed by atoms with E-state index in [1.165, 1.54) is 24.3 Å². The summed E-state index contributed by atoms with van der Waals surface area (Å²) in [6.45, 7) is 5.87. The van der Waals surface area contributed by atoms with Crippen molar-refractivity contribution in [2.24, 2.45) is 0 Å². The Morgan fingerprint density at radius 3 is 1.84 bits per heavy atom. The van der Waals surface area contributed by atoms with Crippen LogP contribution in [0.25, 0.3) is 0 Å². The van der Waals surface area contributed by atoms with Crippen LogP contribution in [-0.4, -0.2) is 15.1 Å². The van der Waals surface area contributed by atoms with E-state index < -0.39 is 27.4 Å². The Morgan fingerprint density at radius 1 is 1.00 bits per heavy atom. The fourth-order valence-electron chi connectivity index (χ4n) is 1.39. The molecule has 0 saturated heterocycles. The molecule has 0 radical (unpaired) electrons. The number of hydrogen-bond donors (Lipinski definition) is 1. The van der Waals surface area contributed by atoms with Gasteiger partial charge in [0, 0.05) is 0 Å². The zero-order chi connectivity index (χ0) is 14.9. The van der Waals surface area contributed by atoms with Crippen LogP contribution in [0.3, 0.4) is 0 Å². The maximum absolute atomic E-state index is 13.3. The standard InChI is InChI=1S/C13H18F3NOS/c1-11(2,3)19(18)17-12(4,13(14,15)16)10-8-6-5-7-9-10/h5-9,17H,1-4H3/t12-,19+/m1/s1. The zero-order valence-electron chi connectivity index (χ0n) is 11.3. The van der Waals surface area contributed by atoms with Crippen molar-refractivity contribution in [3.8, 4) is 0 Å². The quantitative estimate of drug-likeness (QED) is 0.907. The van der Waals surface area contributed by atoms with Gasteiger partial charge in [-0.3, -0.25) is 0 Å². The number of benzene rings is 1. The van der Waals surface area contributed by atoms with Gasteiger partial charge in [0.05, 0.1) is 15.7 Å². The average Bonchev–Trinajstić information content (AvgIpc) is 2.27. The minimum absolute atomic E-state index is 0.0418. The molecule has 0 aromatic heterocycles. The molecule has 6 heteroatoms. The summed E-state index contributed by atoms with van der Waals surface area (Å²) in [6, 6.07) is 7.45. The Bertz CT molecular complexity index is 453. The summed E-state index contributed by atoms with van der Waals surface area (Å²) < 4.78 is 53.5. The van der Waals surface area contributed by atoms with Crippen LogP contribution >= 0.6 is 0 Å². The monoisotopic (exact) mass is 293 g/mol. The lowest BCUT2D eigenvalue weighted by Gasteiger charge is -2.35. The first-order chi connectivity index (χ1) is 8.48. The number of hydrogen-bond acceptors (Lipinski definition) is 1. The molecule has 0 bridgehead atoms. The Balaban J connectivity index is 3.21. The van der Waals surface area contributed by atoms with Gasteiger partial charge in [-0.2, -0.15) is 13.2 Å². The summed E-state index contributed by atoms with van der Waals surface area (Å²) >= 11 is 0. The molecule has 1 aromatic rings. The van der Waals surface area contributed by atoms with Crippen molar-refractivity contribution in [3.05, 3.63) is 35.9 Å². The molecule has 0 aliphatic rings. The number of nitrogens with one attached hydrogen (secondary N) is 1. The lowest BCUT2D eigenvalue weighted by atomic mass is 9.93. The van der Waals surface area contributed by atoms with Crippen LogP contribution in [0.1, 0.15) is 33.3 Å².